The first-order valence-electron chi connectivity index (χ1n) is 8.57. The molecule has 3 amide bonds. The number of halogens is 1. The fourth-order valence-electron chi connectivity index (χ4n) is 3.00. The number of phenols is 1. The number of nitrogens with zero attached hydrogens (tertiary/aromatic N) is 2. The molecule has 0 spiro atoms. The van der Waals surface area contributed by atoms with Crippen molar-refractivity contribution in [1.29, 1.82) is 0 Å². The second-order valence-electron chi connectivity index (χ2n) is 6.33. The van der Waals surface area contributed by atoms with Crippen molar-refractivity contribution in [2.45, 2.75) is 6.54 Å². The van der Waals surface area contributed by atoms with Gasteiger partial charge in [-0.25, -0.2) is 9.18 Å². The van der Waals surface area contributed by atoms with Crippen LogP contribution in [0.2, 0.25) is 0 Å². The molecule has 28 heavy (non-hydrogen) atoms. The maximum Gasteiger partial charge on any atom is 0.329 e. The zero-order chi connectivity index (χ0) is 19.7. The molecular weight excluding hydrogens is 361 g/mol. The van der Waals surface area contributed by atoms with Gasteiger partial charge < -0.3 is 15.0 Å². The molecule has 140 valence electrons. The highest BCUT2D eigenvalue weighted by molar-refractivity contribution is 6.13. The minimum Gasteiger partial charge on any atom is -0.508 e. The Morgan fingerprint density at radius 3 is 2.43 bits per heavy atom. The van der Waals surface area contributed by atoms with Crippen LogP contribution >= 0.6 is 0 Å². The molecule has 0 bridgehead atoms. The Morgan fingerprint density at radius 2 is 1.71 bits per heavy atom. The van der Waals surface area contributed by atoms with E-state index in [1.165, 1.54) is 24.3 Å². The van der Waals surface area contributed by atoms with E-state index in [1.54, 1.807) is 30.3 Å². The van der Waals surface area contributed by atoms with E-state index in [-0.39, 0.29) is 23.8 Å². The van der Waals surface area contributed by atoms with Gasteiger partial charge in [-0.3, -0.25) is 9.69 Å². The lowest BCUT2D eigenvalue weighted by Crippen LogP contribution is -2.30. The van der Waals surface area contributed by atoms with Gasteiger partial charge in [0.2, 0.25) is 0 Å². The summed E-state index contributed by atoms with van der Waals surface area (Å²) in [5.74, 6) is -0.671. The van der Waals surface area contributed by atoms with Gasteiger partial charge in [0.1, 0.15) is 17.3 Å². The van der Waals surface area contributed by atoms with Crippen LogP contribution in [0.5, 0.6) is 5.75 Å². The van der Waals surface area contributed by atoms with Crippen LogP contribution in [-0.2, 0) is 11.3 Å². The molecule has 0 aliphatic carbocycles. The molecule has 0 atom stereocenters. The molecule has 2 N–H and O–H groups in total. The van der Waals surface area contributed by atoms with E-state index in [4.69, 9.17) is 0 Å². The predicted molar refractivity (Wildman–Crippen MR) is 101 cm³/mol. The summed E-state index contributed by atoms with van der Waals surface area (Å²) in [4.78, 5) is 26.0. The molecular formula is C21H16FN3O3. The molecule has 2 heterocycles. The van der Waals surface area contributed by atoms with Crippen molar-refractivity contribution in [2.24, 2.45) is 0 Å². The van der Waals surface area contributed by atoms with E-state index in [0.717, 1.165) is 10.6 Å². The lowest BCUT2D eigenvalue weighted by atomic mass is 10.2. The van der Waals surface area contributed by atoms with Crippen molar-refractivity contribution < 1.29 is 19.1 Å². The predicted octanol–water partition coefficient (Wildman–Crippen LogP) is 3.41. The molecule has 6 nitrogen and oxygen atoms in total. The molecule has 1 aliphatic heterocycles. The molecule has 0 radical (unpaired) electrons. The van der Waals surface area contributed by atoms with Crippen molar-refractivity contribution in [3.8, 4) is 11.4 Å². The summed E-state index contributed by atoms with van der Waals surface area (Å²) in [5.41, 5.74) is 2.30. The number of aromatic nitrogens is 1. The monoisotopic (exact) mass is 377 g/mol. The first kappa shape index (κ1) is 17.5. The number of imide groups is 1. The SMILES string of the molecule is O=C1N/C(=C\c2cccn2-c2ccc(O)cc2)C(=O)N1Cc1ccc(F)cc1. The third-order valence-corrected chi connectivity index (χ3v) is 4.42. The minimum atomic E-state index is -0.525. The maximum absolute atomic E-state index is 13.0. The summed E-state index contributed by atoms with van der Waals surface area (Å²) >= 11 is 0. The second-order valence-corrected chi connectivity index (χ2v) is 6.33. The molecule has 7 heteroatoms. The summed E-state index contributed by atoms with van der Waals surface area (Å²) in [7, 11) is 0. The van der Waals surface area contributed by atoms with Gasteiger partial charge >= 0.3 is 6.03 Å². The number of amides is 3. The largest absolute Gasteiger partial charge is 0.508 e. The summed E-state index contributed by atoms with van der Waals surface area (Å²) in [6.07, 6.45) is 3.41. The van der Waals surface area contributed by atoms with Crippen LogP contribution in [0.3, 0.4) is 0 Å². The van der Waals surface area contributed by atoms with Crippen molar-refractivity contribution in [3.63, 3.8) is 0 Å². The average Bonchev–Trinajstić information content (AvgIpc) is 3.24. The van der Waals surface area contributed by atoms with E-state index in [2.05, 4.69) is 5.32 Å². The topological polar surface area (TPSA) is 74.6 Å². The number of hydrogen-bond acceptors (Lipinski definition) is 3. The lowest BCUT2D eigenvalue weighted by molar-refractivity contribution is -0.123. The Morgan fingerprint density at radius 1 is 1.00 bits per heavy atom. The van der Waals surface area contributed by atoms with Crippen LogP contribution in [0.15, 0.2) is 72.6 Å². The van der Waals surface area contributed by atoms with Crippen LogP contribution < -0.4 is 5.32 Å². The van der Waals surface area contributed by atoms with Crippen LogP contribution in [-0.4, -0.2) is 26.5 Å². The fraction of sp³-hybridized carbons (Fsp3) is 0.0476. The number of aromatic hydroxyl groups is 1. The molecule has 4 rings (SSSR count). The highest BCUT2D eigenvalue weighted by Crippen LogP contribution is 2.21. The first-order chi connectivity index (χ1) is 13.5. The number of carbonyl (C=O) groups excluding carboxylic acids is 2. The normalized spacial score (nSPS) is 15.3. The quantitative estimate of drug-likeness (QED) is 0.540. The van der Waals surface area contributed by atoms with Gasteiger partial charge in [-0.1, -0.05) is 12.1 Å². The Labute approximate surface area is 160 Å². The van der Waals surface area contributed by atoms with Gasteiger partial charge in [0.05, 0.1) is 6.54 Å². The maximum atomic E-state index is 13.0. The fourth-order valence-corrected chi connectivity index (χ4v) is 3.00. The third-order valence-electron chi connectivity index (χ3n) is 4.42. The first-order valence-corrected chi connectivity index (χ1v) is 8.57. The Hall–Kier alpha value is -3.87. The number of rotatable bonds is 4. The van der Waals surface area contributed by atoms with E-state index < -0.39 is 11.9 Å². The molecule has 1 aliphatic rings. The number of benzene rings is 2. The molecule has 1 fully saturated rings. The third kappa shape index (κ3) is 3.37. The number of phenolic OH excluding ortho intramolecular Hbond substituents is 1. The van der Waals surface area contributed by atoms with Crippen LogP contribution in [0, 0.1) is 5.82 Å². The molecule has 1 aromatic heterocycles. The molecule has 2 aromatic carbocycles. The van der Waals surface area contributed by atoms with Crippen LogP contribution in [0.1, 0.15) is 11.3 Å². The number of urea groups is 1. The second kappa shape index (κ2) is 7.03. The van der Waals surface area contributed by atoms with Crippen LogP contribution in [0.4, 0.5) is 9.18 Å². The molecule has 0 unspecified atom stereocenters. The lowest BCUT2D eigenvalue weighted by Gasteiger charge is -2.11. The van der Waals surface area contributed by atoms with Crippen molar-refractivity contribution in [1.82, 2.24) is 14.8 Å². The number of hydrogen-bond donors (Lipinski definition) is 2. The molecule has 3 aromatic rings. The molecule has 0 saturated carbocycles. The van der Waals surface area contributed by atoms with Gasteiger partial charge in [-0.05, 0) is 60.2 Å². The van der Waals surface area contributed by atoms with Gasteiger partial charge in [0, 0.05) is 17.6 Å². The summed E-state index contributed by atoms with van der Waals surface area (Å²) in [6.45, 7) is 0.0568. The summed E-state index contributed by atoms with van der Waals surface area (Å²) < 4.78 is 14.9. The van der Waals surface area contributed by atoms with E-state index in [9.17, 15) is 19.1 Å². The van der Waals surface area contributed by atoms with Gasteiger partial charge in [-0.2, -0.15) is 0 Å². The minimum absolute atomic E-state index is 0.0568. The highest BCUT2D eigenvalue weighted by Gasteiger charge is 2.33. The summed E-state index contributed by atoms with van der Waals surface area (Å²) in [5, 5.41) is 12.0. The summed E-state index contributed by atoms with van der Waals surface area (Å²) in [6, 6.07) is 15.4. The van der Waals surface area contributed by atoms with E-state index in [0.29, 0.717) is 11.3 Å². The van der Waals surface area contributed by atoms with Gasteiger partial charge in [0.15, 0.2) is 0 Å². The van der Waals surface area contributed by atoms with Crippen molar-refractivity contribution >= 4 is 18.0 Å². The average molecular weight is 377 g/mol. The number of nitrogens with one attached hydrogen (secondary N) is 1. The van der Waals surface area contributed by atoms with Crippen molar-refractivity contribution in [3.05, 3.63) is 89.6 Å². The zero-order valence-electron chi connectivity index (χ0n) is 14.7. The van der Waals surface area contributed by atoms with Crippen molar-refractivity contribution in [2.75, 3.05) is 0 Å². The Kier molecular flexibility index (Phi) is 4.41. The van der Waals surface area contributed by atoms with Crippen LogP contribution in [0.25, 0.3) is 11.8 Å². The van der Waals surface area contributed by atoms with E-state index >= 15 is 0 Å². The Bertz CT molecular complexity index is 1070. The van der Waals surface area contributed by atoms with Gasteiger partial charge in [0.25, 0.3) is 5.91 Å². The highest BCUT2D eigenvalue weighted by atomic mass is 19.1. The standard InChI is InChI=1S/C21H16FN3O3/c22-15-5-3-14(4-6-15)13-25-20(27)19(23-21(25)28)12-17-2-1-11-24(17)16-7-9-18(26)10-8-16/h1-12,26H,13H2,(H,23,28)/b19-12-. The Balaban J connectivity index is 1.59. The zero-order valence-corrected chi connectivity index (χ0v) is 14.7. The molecule has 1 saturated heterocycles. The smallest absolute Gasteiger partial charge is 0.329 e. The van der Waals surface area contributed by atoms with E-state index in [1.807, 2.05) is 22.9 Å². The number of carbonyl (C=O) groups is 2. The van der Waals surface area contributed by atoms with Gasteiger partial charge in [-0.15, -0.1) is 0 Å².